The van der Waals surface area contributed by atoms with Crippen molar-refractivity contribution in [3.8, 4) is 0 Å². The average molecular weight is 645 g/mol. The van der Waals surface area contributed by atoms with Crippen LogP contribution in [0.15, 0.2) is 30.3 Å². The number of ether oxygens (including phenoxy) is 5. The Labute approximate surface area is 264 Å². The minimum absolute atomic E-state index is 0.0732. The number of hydrogen-bond donors (Lipinski definition) is 3. The first kappa shape index (κ1) is 38.3. The van der Waals surface area contributed by atoms with E-state index in [2.05, 4.69) is 5.32 Å². The number of hydrogen-bond acceptors (Lipinski definition) is 8. The zero-order valence-corrected chi connectivity index (χ0v) is 26.8. The summed E-state index contributed by atoms with van der Waals surface area (Å²) in [6.07, 6.45) is -2.84. The number of alkyl carbamates (subject to hydrolysis) is 1. The van der Waals surface area contributed by atoms with Crippen LogP contribution in [0.25, 0.3) is 0 Å². The first-order chi connectivity index (χ1) is 21.5. The monoisotopic (exact) mass is 644 g/mol. The molecule has 0 radical (unpaired) electrons. The fraction of sp³-hybridized carbons (Fsp3) is 0.719. The number of nitrogens with one attached hydrogen (secondary N) is 2. The fourth-order valence-electron chi connectivity index (χ4n) is 4.90. The Balaban J connectivity index is 2.36. The molecule has 6 atom stereocenters. The normalized spacial score (nSPS) is 22.4. The number of halogens is 2. The molecule has 0 bridgehead atoms. The number of benzene rings is 1. The van der Waals surface area contributed by atoms with Crippen molar-refractivity contribution in [3.63, 3.8) is 0 Å². The minimum Gasteiger partial charge on any atom is -0.480 e. The molecule has 1 saturated heterocycles. The van der Waals surface area contributed by atoms with Gasteiger partial charge in [-0.05, 0) is 24.8 Å². The largest absolute Gasteiger partial charge is 0.480 e. The molecule has 2 amide bonds. The molecule has 2 rings (SSSR count). The van der Waals surface area contributed by atoms with E-state index in [1.165, 1.54) is 6.92 Å². The van der Waals surface area contributed by atoms with Crippen LogP contribution >= 0.6 is 0 Å². The van der Waals surface area contributed by atoms with Crippen LogP contribution in [-0.2, 0) is 39.9 Å². The van der Waals surface area contributed by atoms with Crippen molar-refractivity contribution < 1.29 is 52.0 Å². The van der Waals surface area contributed by atoms with E-state index in [9.17, 15) is 19.5 Å². The van der Waals surface area contributed by atoms with Gasteiger partial charge < -0.3 is 39.4 Å². The third-order valence-corrected chi connectivity index (χ3v) is 7.30. The summed E-state index contributed by atoms with van der Waals surface area (Å²) >= 11 is 0. The minimum atomic E-state index is -3.87. The standard InChI is InChI=1S/C32H50F2N2O9/c1-5-8-16-41-21-25-27(42-17-9-6-2)28(43-18-10-7-3)26(35-22(4)37)29(45-25)32(33,34)19-24(30(38)39)36-31(40)44-20-23-14-12-11-13-15-23/h11-15,24-29H,5-10,16-21H2,1-4H3,(H,35,37)(H,36,40)(H,38,39)/t24-,25-,26-,27+,28-,29+/m1/s1. The van der Waals surface area contributed by atoms with Crippen molar-refractivity contribution in [2.75, 3.05) is 26.4 Å². The smallest absolute Gasteiger partial charge is 0.408 e. The maximum Gasteiger partial charge on any atom is 0.408 e. The van der Waals surface area contributed by atoms with Crippen LogP contribution in [0.3, 0.4) is 0 Å². The average Bonchev–Trinajstić information content (AvgIpc) is 2.99. The second-order valence-electron chi connectivity index (χ2n) is 11.2. The summed E-state index contributed by atoms with van der Waals surface area (Å²) in [5, 5.41) is 14.4. The van der Waals surface area contributed by atoms with E-state index < -0.39 is 66.8 Å². The number of carboxylic acids is 1. The Hall–Kier alpha value is -2.87. The zero-order chi connectivity index (χ0) is 33.2. The number of carbonyl (C=O) groups is 3. The fourth-order valence-corrected chi connectivity index (χ4v) is 4.90. The first-order valence-corrected chi connectivity index (χ1v) is 15.8. The van der Waals surface area contributed by atoms with Gasteiger partial charge in [-0.15, -0.1) is 0 Å². The molecule has 1 heterocycles. The zero-order valence-electron chi connectivity index (χ0n) is 26.8. The van der Waals surface area contributed by atoms with Gasteiger partial charge in [0.25, 0.3) is 5.92 Å². The molecular formula is C32H50F2N2O9. The van der Waals surface area contributed by atoms with Gasteiger partial charge in [0.15, 0.2) is 0 Å². The highest BCUT2D eigenvalue weighted by Crippen LogP contribution is 2.37. The molecule has 256 valence electrons. The van der Waals surface area contributed by atoms with E-state index in [-0.39, 0.29) is 19.8 Å². The second-order valence-corrected chi connectivity index (χ2v) is 11.2. The summed E-state index contributed by atoms with van der Waals surface area (Å²) in [4.78, 5) is 36.8. The van der Waals surface area contributed by atoms with Gasteiger partial charge in [-0.3, -0.25) is 4.79 Å². The lowest BCUT2D eigenvalue weighted by Crippen LogP contribution is -2.69. The maximum atomic E-state index is 16.3. The molecule has 0 spiro atoms. The van der Waals surface area contributed by atoms with Gasteiger partial charge in [0, 0.05) is 33.2 Å². The van der Waals surface area contributed by atoms with Gasteiger partial charge in [0.05, 0.1) is 12.6 Å². The molecular weight excluding hydrogens is 594 g/mol. The topological polar surface area (TPSA) is 142 Å². The van der Waals surface area contributed by atoms with E-state index in [4.69, 9.17) is 23.7 Å². The molecule has 0 unspecified atom stereocenters. The van der Waals surface area contributed by atoms with Gasteiger partial charge in [-0.25, -0.2) is 18.4 Å². The van der Waals surface area contributed by atoms with Crippen LogP contribution in [0.5, 0.6) is 0 Å². The van der Waals surface area contributed by atoms with Gasteiger partial charge >= 0.3 is 12.1 Å². The Kier molecular flexibility index (Phi) is 17.3. The number of amides is 2. The van der Waals surface area contributed by atoms with Gasteiger partial charge in [0.2, 0.25) is 5.91 Å². The maximum absolute atomic E-state index is 16.3. The van der Waals surface area contributed by atoms with Crippen molar-refractivity contribution in [3.05, 3.63) is 35.9 Å². The Morgan fingerprint density at radius 2 is 1.56 bits per heavy atom. The van der Waals surface area contributed by atoms with Crippen molar-refractivity contribution in [2.45, 2.75) is 122 Å². The van der Waals surface area contributed by atoms with Crippen LogP contribution in [0.1, 0.15) is 78.2 Å². The van der Waals surface area contributed by atoms with Crippen molar-refractivity contribution in [2.24, 2.45) is 0 Å². The predicted molar refractivity (Wildman–Crippen MR) is 162 cm³/mol. The van der Waals surface area contributed by atoms with E-state index in [1.807, 2.05) is 26.1 Å². The van der Waals surface area contributed by atoms with E-state index >= 15 is 8.78 Å². The second kappa shape index (κ2) is 20.3. The number of aliphatic carboxylic acids is 1. The summed E-state index contributed by atoms with van der Waals surface area (Å²) in [5.74, 6) is -6.16. The quantitative estimate of drug-likeness (QED) is 0.160. The van der Waals surface area contributed by atoms with Crippen LogP contribution in [0.2, 0.25) is 0 Å². The van der Waals surface area contributed by atoms with E-state index in [0.29, 0.717) is 31.6 Å². The predicted octanol–water partition coefficient (Wildman–Crippen LogP) is 4.85. The number of alkyl halides is 2. The van der Waals surface area contributed by atoms with Crippen LogP contribution in [0.4, 0.5) is 13.6 Å². The molecule has 3 N–H and O–H groups in total. The van der Waals surface area contributed by atoms with Crippen LogP contribution in [-0.4, -0.2) is 91.9 Å². The van der Waals surface area contributed by atoms with Crippen molar-refractivity contribution >= 4 is 18.0 Å². The molecule has 1 aromatic carbocycles. The van der Waals surface area contributed by atoms with E-state index in [0.717, 1.165) is 25.7 Å². The highest BCUT2D eigenvalue weighted by atomic mass is 19.3. The first-order valence-electron chi connectivity index (χ1n) is 15.8. The molecule has 1 aromatic rings. The number of carbonyl (C=O) groups excluding carboxylic acids is 2. The van der Waals surface area contributed by atoms with Gasteiger partial charge in [-0.2, -0.15) is 0 Å². The third-order valence-electron chi connectivity index (χ3n) is 7.30. The summed E-state index contributed by atoms with van der Waals surface area (Å²) in [5.41, 5.74) is 0.635. The van der Waals surface area contributed by atoms with Crippen LogP contribution < -0.4 is 10.6 Å². The number of unbranched alkanes of at least 4 members (excludes halogenated alkanes) is 3. The molecule has 0 aromatic heterocycles. The number of carboxylic acid groups (broad SMARTS) is 1. The summed E-state index contributed by atoms with van der Waals surface area (Å²) in [7, 11) is 0. The molecule has 1 aliphatic rings. The SMILES string of the molecule is CCCCOC[C@H]1O[C@H](C(F)(F)C[C@@H](NC(=O)OCc2ccccc2)C(=O)O)[C@H](NC(C)=O)[C@@H](OCCCC)[C@H]1OCCCC. The summed E-state index contributed by atoms with van der Waals surface area (Å²) < 4.78 is 61.6. The molecule has 1 fully saturated rings. The highest BCUT2D eigenvalue weighted by molar-refractivity contribution is 5.80. The lowest BCUT2D eigenvalue weighted by molar-refractivity contribution is -0.271. The molecule has 13 heteroatoms. The molecule has 0 aliphatic carbocycles. The van der Waals surface area contributed by atoms with Crippen molar-refractivity contribution in [1.29, 1.82) is 0 Å². The Morgan fingerprint density at radius 1 is 0.956 bits per heavy atom. The van der Waals surface area contributed by atoms with Gasteiger partial charge in [0.1, 0.15) is 37.1 Å². The molecule has 1 aliphatic heterocycles. The lowest BCUT2D eigenvalue weighted by Gasteiger charge is -2.48. The van der Waals surface area contributed by atoms with Crippen LogP contribution in [0, 0.1) is 0 Å². The number of rotatable bonds is 21. The Morgan fingerprint density at radius 3 is 2.13 bits per heavy atom. The molecule has 11 nitrogen and oxygen atoms in total. The summed E-state index contributed by atoms with van der Waals surface area (Å²) in [6, 6.07) is 5.20. The third kappa shape index (κ3) is 13.2. The Bertz CT molecular complexity index is 1020. The summed E-state index contributed by atoms with van der Waals surface area (Å²) in [6.45, 7) is 7.79. The molecule has 45 heavy (non-hydrogen) atoms. The van der Waals surface area contributed by atoms with Gasteiger partial charge in [-0.1, -0.05) is 70.4 Å². The highest BCUT2D eigenvalue weighted by Gasteiger charge is 2.57. The van der Waals surface area contributed by atoms with Crippen molar-refractivity contribution in [1.82, 2.24) is 10.6 Å². The molecule has 0 saturated carbocycles. The lowest BCUT2D eigenvalue weighted by atomic mass is 9.87. The van der Waals surface area contributed by atoms with E-state index in [1.54, 1.807) is 30.3 Å².